The van der Waals surface area contributed by atoms with E-state index >= 15 is 0 Å². The first kappa shape index (κ1) is 42.7. The highest BCUT2D eigenvalue weighted by Crippen LogP contribution is 2.19. The number of urea groups is 1. The largest absolute Gasteiger partial charge is 0.444 e. The predicted molar refractivity (Wildman–Crippen MR) is 207 cm³/mol. The van der Waals surface area contributed by atoms with Crippen LogP contribution in [0.25, 0.3) is 0 Å². The maximum atomic E-state index is 13.9. The summed E-state index contributed by atoms with van der Waals surface area (Å²) in [4.78, 5) is 58.0. The third-order valence-electron chi connectivity index (χ3n) is 7.80. The van der Waals surface area contributed by atoms with Crippen LogP contribution >= 0.6 is 11.3 Å². The number of carbonyl (C=O) groups excluding carboxylic acids is 4. The Morgan fingerprint density at radius 1 is 0.811 bits per heavy atom. The van der Waals surface area contributed by atoms with Crippen molar-refractivity contribution >= 4 is 40.6 Å². The van der Waals surface area contributed by atoms with E-state index in [0.717, 1.165) is 11.1 Å². The number of carbonyl (C=O) groups is 4. The molecule has 0 aliphatic heterocycles. The quantitative estimate of drug-likeness (QED) is 0.121. The number of thiazole rings is 1. The van der Waals surface area contributed by atoms with Gasteiger partial charge in [0, 0.05) is 18.5 Å². The Hall–Kier alpha value is -4.69. The molecular formula is C39H56N6O7S. The van der Waals surface area contributed by atoms with Crippen molar-refractivity contribution in [2.24, 2.45) is 5.92 Å². The lowest BCUT2D eigenvalue weighted by molar-refractivity contribution is -0.124. The van der Waals surface area contributed by atoms with Gasteiger partial charge in [-0.1, -0.05) is 74.5 Å². The Labute approximate surface area is 317 Å². The fourth-order valence-corrected chi connectivity index (χ4v) is 6.06. The number of benzene rings is 2. The lowest BCUT2D eigenvalue weighted by atomic mass is 9.93. The summed E-state index contributed by atoms with van der Waals surface area (Å²) in [6.07, 6.45) is -1.50. The molecule has 0 aliphatic rings. The van der Waals surface area contributed by atoms with Crippen LogP contribution in [0, 0.1) is 5.92 Å². The van der Waals surface area contributed by atoms with Crippen LogP contribution < -0.4 is 21.3 Å². The predicted octanol–water partition coefficient (Wildman–Crippen LogP) is 6.27. The number of hydrogen-bond donors (Lipinski definition) is 5. The first-order valence-electron chi connectivity index (χ1n) is 17.8. The molecule has 290 valence electrons. The second kappa shape index (κ2) is 19.4. The van der Waals surface area contributed by atoms with Crippen LogP contribution in [0.1, 0.15) is 78.6 Å². The monoisotopic (exact) mass is 752 g/mol. The van der Waals surface area contributed by atoms with Gasteiger partial charge in [-0.05, 0) is 77.8 Å². The van der Waals surface area contributed by atoms with Gasteiger partial charge in [-0.3, -0.25) is 10.1 Å². The van der Waals surface area contributed by atoms with E-state index in [1.165, 1.54) is 16.2 Å². The molecule has 2 aromatic carbocycles. The van der Waals surface area contributed by atoms with Crippen molar-refractivity contribution in [3.05, 3.63) is 82.9 Å². The molecule has 5 amide bonds. The maximum absolute atomic E-state index is 13.9. The number of hydrogen-bond acceptors (Lipinski definition) is 9. The van der Waals surface area contributed by atoms with Crippen LogP contribution in [0.15, 0.2) is 66.0 Å². The summed E-state index contributed by atoms with van der Waals surface area (Å²) < 4.78 is 10.8. The molecule has 0 bridgehead atoms. The Morgan fingerprint density at radius 3 is 1.91 bits per heavy atom. The minimum atomic E-state index is -1.07. The summed E-state index contributed by atoms with van der Waals surface area (Å²) in [5.41, 5.74) is 1.01. The highest BCUT2D eigenvalue weighted by atomic mass is 32.1. The van der Waals surface area contributed by atoms with Crippen LogP contribution in [-0.4, -0.2) is 81.6 Å². The topological polar surface area (TPSA) is 171 Å². The van der Waals surface area contributed by atoms with Gasteiger partial charge in [0.25, 0.3) is 0 Å². The van der Waals surface area contributed by atoms with E-state index in [-0.39, 0.29) is 18.9 Å². The summed E-state index contributed by atoms with van der Waals surface area (Å²) in [6.45, 7) is 14.4. The van der Waals surface area contributed by atoms with Crippen molar-refractivity contribution in [2.45, 2.75) is 117 Å². The van der Waals surface area contributed by atoms with E-state index < -0.39 is 59.6 Å². The highest BCUT2D eigenvalue weighted by molar-refractivity contribution is 7.13. The van der Waals surface area contributed by atoms with Crippen molar-refractivity contribution in [1.82, 2.24) is 25.8 Å². The minimum Gasteiger partial charge on any atom is -0.444 e. The highest BCUT2D eigenvalue weighted by Gasteiger charge is 2.31. The molecule has 1 aromatic heterocycles. The number of nitrogens with one attached hydrogen (secondary N) is 4. The average Bonchev–Trinajstić information content (AvgIpc) is 3.48. The standard InChI is InChI=1S/C39H56N6O7S/c1-25(2)32(43-35(48)45(9)23-29-24-53-34(41-29)44-37(50)52-39(6,7)8)33(47)40-28(20-26-16-12-10-13-17-26)22-31(46)30(21-27-18-14-11-15-19-27)42-36(49)51-38(3,4)5/h10-19,24-25,28,30-32,46H,20-23H2,1-9H3,(H,40,47)(H,42,49)(H,43,48)(H,41,44,50)/t28-,30-,31-,32-/m0/s1. The molecule has 0 saturated carbocycles. The van der Waals surface area contributed by atoms with Gasteiger partial charge in [-0.25, -0.2) is 19.4 Å². The lowest BCUT2D eigenvalue weighted by Crippen LogP contribution is -2.56. The van der Waals surface area contributed by atoms with Gasteiger partial charge in [-0.2, -0.15) is 0 Å². The Balaban J connectivity index is 1.73. The van der Waals surface area contributed by atoms with E-state index in [4.69, 9.17) is 9.47 Å². The van der Waals surface area contributed by atoms with Crippen LogP contribution in [0.2, 0.25) is 0 Å². The molecule has 13 nitrogen and oxygen atoms in total. The molecule has 3 aromatic rings. The van der Waals surface area contributed by atoms with Gasteiger partial charge < -0.3 is 35.4 Å². The number of ether oxygens (including phenoxy) is 2. The average molecular weight is 753 g/mol. The van der Waals surface area contributed by atoms with Crippen molar-refractivity contribution in [3.63, 3.8) is 0 Å². The zero-order valence-electron chi connectivity index (χ0n) is 32.3. The summed E-state index contributed by atoms with van der Waals surface area (Å²) in [6, 6.07) is 16.4. The Kier molecular flexibility index (Phi) is 15.6. The molecule has 0 saturated heterocycles. The number of aliphatic hydroxyl groups excluding tert-OH is 1. The first-order chi connectivity index (χ1) is 24.8. The van der Waals surface area contributed by atoms with E-state index in [1.54, 1.807) is 54.0 Å². The van der Waals surface area contributed by atoms with Crippen LogP contribution in [0.3, 0.4) is 0 Å². The van der Waals surface area contributed by atoms with E-state index in [9.17, 15) is 24.3 Å². The molecule has 0 unspecified atom stereocenters. The molecule has 0 radical (unpaired) electrons. The molecule has 53 heavy (non-hydrogen) atoms. The number of rotatable bonds is 15. The Morgan fingerprint density at radius 2 is 1.36 bits per heavy atom. The lowest BCUT2D eigenvalue weighted by Gasteiger charge is -2.31. The summed E-state index contributed by atoms with van der Waals surface area (Å²) in [7, 11) is 1.59. The summed E-state index contributed by atoms with van der Waals surface area (Å²) >= 11 is 1.20. The maximum Gasteiger partial charge on any atom is 0.413 e. The van der Waals surface area contributed by atoms with Crippen molar-refractivity contribution in [3.8, 4) is 0 Å². The Bertz CT molecular complexity index is 1620. The van der Waals surface area contributed by atoms with Crippen molar-refractivity contribution < 1.29 is 33.8 Å². The molecule has 0 fully saturated rings. The second-order valence-corrected chi connectivity index (χ2v) is 16.3. The molecule has 0 aliphatic carbocycles. The van der Waals surface area contributed by atoms with Gasteiger partial charge in [0.2, 0.25) is 5.91 Å². The van der Waals surface area contributed by atoms with Gasteiger partial charge in [0.05, 0.1) is 24.4 Å². The van der Waals surface area contributed by atoms with Crippen LogP contribution in [0.5, 0.6) is 0 Å². The minimum absolute atomic E-state index is 0.107. The van der Waals surface area contributed by atoms with Crippen LogP contribution in [-0.2, 0) is 33.7 Å². The smallest absolute Gasteiger partial charge is 0.413 e. The number of amides is 5. The molecule has 5 N–H and O–H groups in total. The molecule has 4 atom stereocenters. The number of anilines is 1. The van der Waals surface area contributed by atoms with Gasteiger partial charge in [0.15, 0.2) is 5.13 Å². The number of nitrogens with zero attached hydrogens (tertiary/aromatic N) is 2. The molecular weight excluding hydrogens is 697 g/mol. The van der Waals surface area contributed by atoms with Gasteiger partial charge in [0.1, 0.15) is 17.2 Å². The third-order valence-corrected chi connectivity index (χ3v) is 8.60. The number of aliphatic hydroxyl groups is 1. The third kappa shape index (κ3) is 15.8. The number of aromatic nitrogens is 1. The van der Waals surface area contributed by atoms with Crippen LogP contribution in [0.4, 0.5) is 19.5 Å². The van der Waals surface area contributed by atoms with E-state index in [2.05, 4.69) is 26.3 Å². The van der Waals surface area contributed by atoms with E-state index in [1.807, 2.05) is 74.5 Å². The number of alkyl carbamates (subject to hydrolysis) is 1. The summed E-state index contributed by atoms with van der Waals surface area (Å²) in [5.74, 6) is -0.690. The normalized spacial score (nSPS) is 13.9. The second-order valence-electron chi connectivity index (χ2n) is 15.4. The fourth-order valence-electron chi connectivity index (χ4n) is 5.37. The summed E-state index contributed by atoms with van der Waals surface area (Å²) in [5, 5.41) is 25.1. The zero-order chi connectivity index (χ0) is 39.3. The van der Waals surface area contributed by atoms with Crippen molar-refractivity contribution in [1.29, 1.82) is 0 Å². The van der Waals surface area contributed by atoms with E-state index in [0.29, 0.717) is 23.7 Å². The molecule has 14 heteroatoms. The van der Waals surface area contributed by atoms with Crippen molar-refractivity contribution in [2.75, 3.05) is 12.4 Å². The first-order valence-corrected chi connectivity index (χ1v) is 18.7. The molecule has 3 rings (SSSR count). The molecule has 1 heterocycles. The zero-order valence-corrected chi connectivity index (χ0v) is 33.1. The fraction of sp³-hybridized carbons (Fsp3) is 0.513. The SMILES string of the molecule is CC(C)[C@H](NC(=O)N(C)Cc1csc(NC(=O)OC(C)(C)C)n1)C(=O)N[C@@H](Cc1ccccc1)C[C@H](O)[C@H](Cc1ccccc1)NC(=O)OC(C)(C)C. The van der Waals surface area contributed by atoms with Gasteiger partial charge in [-0.15, -0.1) is 11.3 Å². The van der Waals surface area contributed by atoms with Gasteiger partial charge >= 0.3 is 18.2 Å². The molecule has 0 spiro atoms.